The molecule has 3 rings (SSSR count). The first-order valence-corrected chi connectivity index (χ1v) is 19.1. The Kier molecular flexibility index (Phi) is 19.2. The third kappa shape index (κ3) is 14.2. The predicted octanol–water partition coefficient (Wildman–Crippen LogP) is -0.00110. The van der Waals surface area contributed by atoms with E-state index in [4.69, 9.17) is 0 Å². The first-order chi connectivity index (χ1) is 26.0. The van der Waals surface area contributed by atoms with E-state index in [1.165, 1.54) is 0 Å². The van der Waals surface area contributed by atoms with Crippen molar-refractivity contribution in [2.45, 2.75) is 88.0 Å². The summed E-state index contributed by atoms with van der Waals surface area (Å²) >= 11 is 0. The number of benzene rings is 2. The number of aromatic hydroxyl groups is 2. The van der Waals surface area contributed by atoms with Crippen LogP contribution in [0.25, 0.3) is 11.1 Å². The number of carbonyl (C=O) groups is 4. The van der Waals surface area contributed by atoms with Crippen LogP contribution < -0.4 is 47.9 Å². The lowest BCUT2D eigenvalue weighted by molar-refractivity contribution is -0.132. The van der Waals surface area contributed by atoms with E-state index >= 15 is 0 Å². The summed E-state index contributed by atoms with van der Waals surface area (Å²) in [6.07, 6.45) is 4.50. The monoisotopic (exact) mass is 753 g/mol. The maximum atomic E-state index is 13.9. The number of nitrogens with one attached hydrogen (secondary N) is 9. The molecular weight excluding hydrogens is 690 g/mol. The Morgan fingerprint density at radius 3 is 1.94 bits per heavy atom. The average Bonchev–Trinajstić information content (AvgIpc) is 3.16. The molecule has 1 aliphatic heterocycles. The molecule has 0 aliphatic carbocycles. The highest BCUT2D eigenvalue weighted by atomic mass is 16.3. The van der Waals surface area contributed by atoms with Crippen LogP contribution in [0.5, 0.6) is 11.5 Å². The molecule has 0 spiro atoms. The largest absolute Gasteiger partial charge is 0.508 e. The van der Waals surface area contributed by atoms with Crippen molar-refractivity contribution in [1.82, 2.24) is 47.9 Å². The van der Waals surface area contributed by atoms with E-state index in [0.717, 1.165) is 30.5 Å². The van der Waals surface area contributed by atoms with Gasteiger partial charge in [0, 0.05) is 44.4 Å². The number of fused-ring (bicyclic) bond motifs is 5. The van der Waals surface area contributed by atoms with Crippen LogP contribution in [0.2, 0.25) is 0 Å². The number of phenolic OH excluding ortho intramolecular Hbond substituents is 2. The number of hydrogen-bond acceptors (Lipinski definition) is 11. The summed E-state index contributed by atoms with van der Waals surface area (Å²) in [7, 11) is 9.06. The first-order valence-electron chi connectivity index (χ1n) is 19.1. The van der Waals surface area contributed by atoms with Gasteiger partial charge < -0.3 is 58.1 Å². The van der Waals surface area contributed by atoms with Gasteiger partial charge in [-0.1, -0.05) is 12.1 Å². The van der Waals surface area contributed by atoms with E-state index in [1.54, 1.807) is 57.5 Å². The minimum atomic E-state index is -1.07. The minimum absolute atomic E-state index is 0.0135. The quantitative estimate of drug-likeness (QED) is 0.0810. The number of amides is 4. The van der Waals surface area contributed by atoms with Gasteiger partial charge in [0.15, 0.2) is 0 Å². The fraction of sp³-hybridized carbons (Fsp3) is 0.590. The molecule has 15 nitrogen and oxygen atoms in total. The molecule has 15 heteroatoms. The molecule has 2 aromatic rings. The van der Waals surface area contributed by atoms with Crippen molar-refractivity contribution in [2.24, 2.45) is 0 Å². The lowest BCUT2D eigenvalue weighted by atomic mass is 9.95. The summed E-state index contributed by atoms with van der Waals surface area (Å²) in [5, 5.41) is 48.9. The minimum Gasteiger partial charge on any atom is -0.508 e. The van der Waals surface area contributed by atoms with E-state index in [0.29, 0.717) is 62.9 Å². The summed E-state index contributed by atoms with van der Waals surface area (Å²) in [5.41, 5.74) is 2.48. The van der Waals surface area contributed by atoms with Crippen LogP contribution in [0.1, 0.15) is 56.1 Å². The molecule has 11 N–H and O–H groups in total. The summed E-state index contributed by atoms with van der Waals surface area (Å²) in [6.45, 7) is 2.38. The van der Waals surface area contributed by atoms with Gasteiger partial charge in [0.25, 0.3) is 0 Å². The van der Waals surface area contributed by atoms with Gasteiger partial charge in [-0.3, -0.25) is 19.2 Å². The molecule has 300 valence electrons. The molecular formula is C39H63N9O6. The number of likely N-dealkylation sites (N-methyl/N-ethyl adjacent to an activating group) is 2. The van der Waals surface area contributed by atoms with Crippen LogP contribution in [0.15, 0.2) is 36.4 Å². The van der Waals surface area contributed by atoms with E-state index in [2.05, 4.69) is 47.9 Å². The molecule has 1 heterocycles. The SMILES string of the molecule is CNCCC[C@@H](CNC(=O)C[C@H](CCCNC(=O)[C@@H]1Cc2cc(ccc2O)-c2ccc(O)c(c2)C[C@H](NC)C(=O)N[C@@H](CCCNC)C(=O)N1)NC)NC. The van der Waals surface area contributed by atoms with Gasteiger partial charge in [0.2, 0.25) is 23.6 Å². The van der Waals surface area contributed by atoms with E-state index in [9.17, 15) is 29.4 Å². The summed E-state index contributed by atoms with van der Waals surface area (Å²) in [4.78, 5) is 53.9. The molecule has 1 aliphatic rings. The molecule has 4 bridgehead atoms. The van der Waals surface area contributed by atoms with Crippen LogP contribution in [-0.2, 0) is 32.0 Å². The Balaban J connectivity index is 1.76. The molecule has 0 saturated heterocycles. The topological polar surface area (TPSA) is 217 Å². The van der Waals surface area contributed by atoms with Crippen molar-refractivity contribution in [3.8, 4) is 22.6 Å². The average molecular weight is 754 g/mol. The van der Waals surface area contributed by atoms with Crippen molar-refractivity contribution in [3.05, 3.63) is 47.5 Å². The molecule has 54 heavy (non-hydrogen) atoms. The normalized spacial score (nSPS) is 18.7. The van der Waals surface area contributed by atoms with Crippen molar-refractivity contribution < 1.29 is 29.4 Å². The molecule has 0 unspecified atom stereocenters. The fourth-order valence-electron chi connectivity index (χ4n) is 6.57. The summed E-state index contributed by atoms with van der Waals surface area (Å²) in [6, 6.07) is 7.50. The van der Waals surface area contributed by atoms with Gasteiger partial charge in [-0.15, -0.1) is 0 Å². The zero-order valence-electron chi connectivity index (χ0n) is 32.6. The highest BCUT2D eigenvalue weighted by molar-refractivity contribution is 5.93. The molecule has 0 radical (unpaired) electrons. The number of hydrogen-bond donors (Lipinski definition) is 11. The molecule has 2 aromatic carbocycles. The van der Waals surface area contributed by atoms with Gasteiger partial charge in [-0.25, -0.2) is 0 Å². The van der Waals surface area contributed by atoms with E-state index in [-0.39, 0.29) is 42.3 Å². The molecule has 0 saturated carbocycles. The van der Waals surface area contributed by atoms with Crippen molar-refractivity contribution in [3.63, 3.8) is 0 Å². The lowest BCUT2D eigenvalue weighted by Gasteiger charge is -2.25. The van der Waals surface area contributed by atoms with E-state index in [1.807, 2.05) is 14.1 Å². The highest BCUT2D eigenvalue weighted by Crippen LogP contribution is 2.31. The zero-order chi connectivity index (χ0) is 39.5. The second-order valence-electron chi connectivity index (χ2n) is 14.0. The third-order valence-corrected chi connectivity index (χ3v) is 9.99. The number of carbonyl (C=O) groups excluding carboxylic acids is 4. The third-order valence-electron chi connectivity index (χ3n) is 9.99. The van der Waals surface area contributed by atoms with E-state index < -0.39 is 35.8 Å². The summed E-state index contributed by atoms with van der Waals surface area (Å²) in [5.74, 6) is -1.42. The Morgan fingerprint density at radius 2 is 1.33 bits per heavy atom. The standard InChI is InChI=1S/C39H63N9O6/c1-40-16-6-10-30(43-4)24-46-36(51)23-29(42-3)9-7-18-45-37(52)33-22-28-20-26(13-15-35(28)50)25-12-14-34(49)27(19-25)21-32(44-5)39(54)47-31(38(53)48-33)11-8-17-41-2/h12-15,19-20,29-33,40-44,49-50H,6-11,16-18,21-24H2,1-5H3,(H,45,52)(H,46,51)(H,47,54)(H,48,53)/t29-,30-,31-,32-,33-/m0/s1. The Hall–Kier alpha value is -4.28. The van der Waals surface area contributed by atoms with Gasteiger partial charge in [0.1, 0.15) is 23.6 Å². The second kappa shape index (κ2) is 23.5. The van der Waals surface area contributed by atoms with Crippen LogP contribution >= 0.6 is 0 Å². The zero-order valence-corrected chi connectivity index (χ0v) is 32.6. The first kappa shape index (κ1) is 44.1. The van der Waals surface area contributed by atoms with Crippen molar-refractivity contribution in [1.29, 1.82) is 0 Å². The highest BCUT2D eigenvalue weighted by Gasteiger charge is 2.30. The van der Waals surface area contributed by atoms with Crippen molar-refractivity contribution in [2.75, 3.05) is 61.4 Å². The Labute approximate surface area is 320 Å². The number of phenols is 2. The molecule has 4 amide bonds. The van der Waals surface area contributed by atoms with Crippen molar-refractivity contribution >= 4 is 23.6 Å². The van der Waals surface area contributed by atoms with Gasteiger partial charge in [0.05, 0.1) is 6.04 Å². The van der Waals surface area contributed by atoms with Gasteiger partial charge in [-0.05, 0) is 133 Å². The molecule has 5 atom stereocenters. The Morgan fingerprint density at radius 1 is 0.741 bits per heavy atom. The maximum absolute atomic E-state index is 13.9. The maximum Gasteiger partial charge on any atom is 0.243 e. The molecule has 0 aromatic heterocycles. The van der Waals surface area contributed by atoms with Gasteiger partial charge >= 0.3 is 0 Å². The Bertz CT molecular complexity index is 1510. The van der Waals surface area contributed by atoms with Crippen LogP contribution in [0.3, 0.4) is 0 Å². The molecule has 0 fully saturated rings. The fourth-order valence-corrected chi connectivity index (χ4v) is 6.57. The predicted molar refractivity (Wildman–Crippen MR) is 211 cm³/mol. The van der Waals surface area contributed by atoms with Gasteiger partial charge in [-0.2, -0.15) is 0 Å². The van der Waals surface area contributed by atoms with Crippen LogP contribution in [0.4, 0.5) is 0 Å². The number of rotatable bonds is 20. The lowest BCUT2D eigenvalue weighted by Crippen LogP contribution is -2.57. The summed E-state index contributed by atoms with van der Waals surface area (Å²) < 4.78 is 0. The van der Waals surface area contributed by atoms with Crippen LogP contribution in [0, 0.1) is 0 Å². The van der Waals surface area contributed by atoms with Crippen LogP contribution in [-0.4, -0.2) is 125 Å². The second-order valence-corrected chi connectivity index (χ2v) is 14.0. The smallest absolute Gasteiger partial charge is 0.243 e.